The average molecular weight is 307 g/mol. The fourth-order valence-corrected chi connectivity index (χ4v) is 2.49. The van der Waals surface area contributed by atoms with E-state index < -0.39 is 0 Å². The minimum Gasteiger partial charge on any atom is -0.303 e. The summed E-state index contributed by atoms with van der Waals surface area (Å²) in [5.41, 5.74) is 1.45. The van der Waals surface area contributed by atoms with Crippen molar-refractivity contribution in [1.82, 2.24) is 0 Å². The molecule has 0 aliphatic carbocycles. The van der Waals surface area contributed by atoms with Crippen LogP contribution in [-0.4, -0.2) is 6.29 Å². The lowest BCUT2D eigenvalue weighted by atomic mass is 9.93. The number of carbonyl (C=O) groups is 1. The summed E-state index contributed by atoms with van der Waals surface area (Å²) < 4.78 is 14.4. The third-order valence-electron chi connectivity index (χ3n) is 2.87. The second kappa shape index (κ2) is 5.91. The predicted octanol–water partition coefficient (Wildman–Crippen LogP) is 4.11. The Morgan fingerprint density at radius 2 is 1.78 bits per heavy atom. The molecule has 1 atom stereocenters. The Kier molecular flexibility index (Phi) is 4.26. The Bertz CT molecular complexity index is 554. The number of carbonyl (C=O) groups excluding carboxylic acids is 1. The second-order valence-corrected chi connectivity index (χ2v) is 4.91. The Labute approximate surface area is 114 Å². The maximum Gasteiger partial charge on any atom is 0.127 e. The van der Waals surface area contributed by atoms with Crippen molar-refractivity contribution < 1.29 is 9.18 Å². The van der Waals surface area contributed by atoms with Gasteiger partial charge in [0.05, 0.1) is 0 Å². The van der Waals surface area contributed by atoms with Gasteiger partial charge in [-0.2, -0.15) is 0 Å². The minimum atomic E-state index is -0.336. The third kappa shape index (κ3) is 2.85. The van der Waals surface area contributed by atoms with Crippen LogP contribution in [0.5, 0.6) is 0 Å². The van der Waals surface area contributed by atoms with Gasteiger partial charge in [0.25, 0.3) is 0 Å². The lowest BCUT2D eigenvalue weighted by Gasteiger charge is -2.13. The van der Waals surface area contributed by atoms with E-state index in [1.807, 2.05) is 24.3 Å². The fraction of sp³-hybridized carbons (Fsp3) is 0.133. The zero-order valence-electron chi connectivity index (χ0n) is 9.64. The van der Waals surface area contributed by atoms with Crippen molar-refractivity contribution >= 4 is 22.2 Å². The van der Waals surface area contributed by atoms with Gasteiger partial charge in [-0.25, -0.2) is 4.39 Å². The molecule has 2 rings (SSSR count). The van der Waals surface area contributed by atoms with E-state index in [4.69, 9.17) is 0 Å². The van der Waals surface area contributed by atoms with E-state index in [0.717, 1.165) is 16.3 Å². The normalized spacial score (nSPS) is 12.1. The van der Waals surface area contributed by atoms with Gasteiger partial charge in [0, 0.05) is 10.4 Å². The van der Waals surface area contributed by atoms with Gasteiger partial charge in [-0.15, -0.1) is 0 Å². The summed E-state index contributed by atoms with van der Waals surface area (Å²) in [4.78, 5) is 11.2. The average Bonchev–Trinajstić information content (AvgIpc) is 2.39. The van der Waals surface area contributed by atoms with Crippen LogP contribution in [0.2, 0.25) is 0 Å². The van der Waals surface area contributed by atoms with Gasteiger partial charge in [0.2, 0.25) is 0 Å². The molecule has 0 aromatic heterocycles. The van der Waals surface area contributed by atoms with Crippen LogP contribution in [-0.2, 0) is 11.2 Å². The highest BCUT2D eigenvalue weighted by Crippen LogP contribution is 2.27. The van der Waals surface area contributed by atoms with Crippen molar-refractivity contribution in [3.8, 4) is 0 Å². The Hall–Kier alpha value is -1.48. The van der Waals surface area contributed by atoms with Crippen LogP contribution in [0.25, 0.3) is 0 Å². The highest BCUT2D eigenvalue weighted by Gasteiger charge is 2.15. The fourth-order valence-electron chi connectivity index (χ4n) is 1.91. The molecule has 0 saturated carbocycles. The summed E-state index contributed by atoms with van der Waals surface area (Å²) in [6, 6.07) is 14.1. The SMILES string of the molecule is O=CC(Cc1ccccc1F)c1ccccc1Br. The van der Waals surface area contributed by atoms with Gasteiger partial charge in [-0.3, -0.25) is 0 Å². The summed E-state index contributed by atoms with van der Waals surface area (Å²) in [5, 5.41) is 0. The Morgan fingerprint density at radius 1 is 1.11 bits per heavy atom. The molecule has 0 amide bonds. The van der Waals surface area contributed by atoms with Crippen LogP contribution in [0.3, 0.4) is 0 Å². The third-order valence-corrected chi connectivity index (χ3v) is 3.59. The van der Waals surface area contributed by atoms with E-state index in [2.05, 4.69) is 15.9 Å². The van der Waals surface area contributed by atoms with Gasteiger partial charge in [0.15, 0.2) is 0 Å². The molecule has 0 aliphatic heterocycles. The highest BCUT2D eigenvalue weighted by molar-refractivity contribution is 9.10. The smallest absolute Gasteiger partial charge is 0.127 e. The van der Waals surface area contributed by atoms with Crippen molar-refractivity contribution in [2.45, 2.75) is 12.3 Å². The van der Waals surface area contributed by atoms with E-state index in [0.29, 0.717) is 12.0 Å². The first-order valence-corrected chi connectivity index (χ1v) is 6.45. The summed E-state index contributed by atoms with van der Waals surface area (Å²) in [6.07, 6.45) is 1.24. The van der Waals surface area contributed by atoms with Crippen LogP contribution < -0.4 is 0 Å². The molecule has 3 heteroatoms. The van der Waals surface area contributed by atoms with Crippen molar-refractivity contribution in [1.29, 1.82) is 0 Å². The van der Waals surface area contributed by atoms with E-state index in [1.165, 1.54) is 6.07 Å². The number of benzene rings is 2. The number of hydrogen-bond donors (Lipinski definition) is 0. The Balaban J connectivity index is 2.29. The Morgan fingerprint density at radius 3 is 2.44 bits per heavy atom. The minimum absolute atomic E-state index is 0.267. The second-order valence-electron chi connectivity index (χ2n) is 4.06. The van der Waals surface area contributed by atoms with Crippen LogP contribution >= 0.6 is 15.9 Å². The lowest BCUT2D eigenvalue weighted by molar-refractivity contribution is -0.109. The van der Waals surface area contributed by atoms with Crippen LogP contribution in [0.4, 0.5) is 4.39 Å². The molecule has 0 fully saturated rings. The van der Waals surface area contributed by atoms with Crippen LogP contribution in [0.15, 0.2) is 53.0 Å². The predicted molar refractivity (Wildman–Crippen MR) is 73.1 cm³/mol. The summed E-state index contributed by atoms with van der Waals surface area (Å²) in [5.74, 6) is -0.603. The summed E-state index contributed by atoms with van der Waals surface area (Å²) in [7, 11) is 0. The molecule has 0 N–H and O–H groups in total. The zero-order chi connectivity index (χ0) is 13.0. The molecule has 0 spiro atoms. The van der Waals surface area contributed by atoms with Gasteiger partial charge in [-0.05, 0) is 29.7 Å². The first-order valence-electron chi connectivity index (χ1n) is 5.65. The molecular formula is C15H12BrFO. The highest BCUT2D eigenvalue weighted by atomic mass is 79.9. The maximum absolute atomic E-state index is 13.6. The molecule has 0 bridgehead atoms. The number of rotatable bonds is 4. The van der Waals surface area contributed by atoms with Crippen molar-refractivity contribution in [3.63, 3.8) is 0 Å². The van der Waals surface area contributed by atoms with E-state index in [9.17, 15) is 9.18 Å². The molecule has 18 heavy (non-hydrogen) atoms. The van der Waals surface area contributed by atoms with E-state index in [-0.39, 0.29) is 11.7 Å². The van der Waals surface area contributed by atoms with E-state index in [1.54, 1.807) is 18.2 Å². The lowest BCUT2D eigenvalue weighted by Crippen LogP contribution is -2.06. The van der Waals surface area contributed by atoms with Crippen molar-refractivity contribution in [3.05, 3.63) is 69.9 Å². The first kappa shape index (κ1) is 13.0. The summed E-state index contributed by atoms with van der Waals surface area (Å²) >= 11 is 3.42. The van der Waals surface area contributed by atoms with Crippen molar-refractivity contribution in [2.75, 3.05) is 0 Å². The molecule has 2 aromatic carbocycles. The maximum atomic E-state index is 13.6. The molecule has 0 aliphatic rings. The number of aldehydes is 1. The van der Waals surface area contributed by atoms with Gasteiger partial charge in [-0.1, -0.05) is 52.3 Å². The van der Waals surface area contributed by atoms with Crippen LogP contribution in [0, 0.1) is 5.82 Å². The first-order chi connectivity index (χ1) is 8.72. The molecular weight excluding hydrogens is 295 g/mol. The quantitative estimate of drug-likeness (QED) is 0.777. The molecule has 0 heterocycles. The summed E-state index contributed by atoms with van der Waals surface area (Å²) in [6.45, 7) is 0. The molecule has 1 nitrogen and oxygen atoms in total. The van der Waals surface area contributed by atoms with Gasteiger partial charge >= 0.3 is 0 Å². The zero-order valence-corrected chi connectivity index (χ0v) is 11.2. The van der Waals surface area contributed by atoms with Gasteiger partial charge in [0.1, 0.15) is 12.1 Å². The van der Waals surface area contributed by atoms with Gasteiger partial charge < -0.3 is 4.79 Å². The standard InChI is InChI=1S/C15H12BrFO/c16-14-7-3-2-6-13(14)12(10-18)9-11-5-1-4-8-15(11)17/h1-8,10,12H,9H2. The molecule has 0 saturated heterocycles. The van der Waals surface area contributed by atoms with E-state index >= 15 is 0 Å². The molecule has 1 unspecified atom stereocenters. The topological polar surface area (TPSA) is 17.1 Å². The number of halogens is 2. The van der Waals surface area contributed by atoms with Crippen molar-refractivity contribution in [2.24, 2.45) is 0 Å². The monoisotopic (exact) mass is 306 g/mol. The number of hydrogen-bond acceptors (Lipinski definition) is 1. The molecule has 92 valence electrons. The molecule has 0 radical (unpaired) electrons. The molecule has 2 aromatic rings. The largest absolute Gasteiger partial charge is 0.303 e. The van der Waals surface area contributed by atoms with Crippen LogP contribution in [0.1, 0.15) is 17.0 Å².